The van der Waals surface area contributed by atoms with Crippen LogP contribution in [0.1, 0.15) is 25.3 Å². The second kappa shape index (κ2) is 8.73. The van der Waals surface area contributed by atoms with Crippen molar-refractivity contribution in [3.63, 3.8) is 0 Å². The molecule has 0 unspecified atom stereocenters. The first-order chi connectivity index (χ1) is 11.9. The standard InChI is InChI=1S/C18H21FN2O3S/c1-2-13-20-25(23,24)15-10-7-14(8-11-15)9-12-18(22)21-17-6-4-3-5-16(17)19/h3-8,10-11,20H,2,9,12-13H2,1H3,(H,21,22). The van der Waals surface area contributed by atoms with E-state index in [1.807, 2.05) is 6.92 Å². The van der Waals surface area contributed by atoms with Crippen molar-refractivity contribution in [1.29, 1.82) is 0 Å². The number of aryl methyl sites for hydroxylation is 1. The molecule has 134 valence electrons. The second-order valence-corrected chi connectivity index (χ2v) is 7.34. The largest absolute Gasteiger partial charge is 0.324 e. The van der Waals surface area contributed by atoms with Crippen LogP contribution in [0.3, 0.4) is 0 Å². The van der Waals surface area contributed by atoms with Gasteiger partial charge in [-0.1, -0.05) is 31.2 Å². The highest BCUT2D eigenvalue weighted by Gasteiger charge is 2.13. The van der Waals surface area contributed by atoms with Crippen molar-refractivity contribution in [2.75, 3.05) is 11.9 Å². The molecule has 0 saturated carbocycles. The summed E-state index contributed by atoms with van der Waals surface area (Å²) in [6.07, 6.45) is 1.33. The smallest absolute Gasteiger partial charge is 0.240 e. The second-order valence-electron chi connectivity index (χ2n) is 5.57. The van der Waals surface area contributed by atoms with E-state index < -0.39 is 15.8 Å². The number of sulfonamides is 1. The molecule has 0 aliphatic carbocycles. The van der Waals surface area contributed by atoms with Crippen LogP contribution in [0, 0.1) is 5.82 Å². The van der Waals surface area contributed by atoms with Gasteiger partial charge in [0, 0.05) is 13.0 Å². The van der Waals surface area contributed by atoms with Gasteiger partial charge in [0.1, 0.15) is 5.82 Å². The molecule has 0 aliphatic heterocycles. The predicted octanol–water partition coefficient (Wildman–Crippen LogP) is 3.09. The highest BCUT2D eigenvalue weighted by atomic mass is 32.2. The normalized spacial score (nSPS) is 11.3. The van der Waals surface area contributed by atoms with Gasteiger partial charge in [-0.3, -0.25) is 4.79 Å². The summed E-state index contributed by atoms with van der Waals surface area (Å²) < 4.78 is 40.0. The van der Waals surface area contributed by atoms with Gasteiger partial charge in [-0.2, -0.15) is 0 Å². The number of hydrogen-bond donors (Lipinski definition) is 2. The van der Waals surface area contributed by atoms with Crippen LogP contribution in [-0.4, -0.2) is 20.9 Å². The zero-order valence-electron chi connectivity index (χ0n) is 14.0. The monoisotopic (exact) mass is 364 g/mol. The molecule has 7 heteroatoms. The molecule has 2 aromatic carbocycles. The number of amides is 1. The van der Waals surface area contributed by atoms with Crippen LogP contribution in [-0.2, 0) is 21.2 Å². The molecule has 25 heavy (non-hydrogen) atoms. The molecule has 2 N–H and O–H groups in total. The van der Waals surface area contributed by atoms with Crippen LogP contribution in [0.5, 0.6) is 0 Å². The first-order valence-corrected chi connectivity index (χ1v) is 9.53. The molecular weight excluding hydrogens is 343 g/mol. The van der Waals surface area contributed by atoms with Crippen molar-refractivity contribution in [1.82, 2.24) is 4.72 Å². The minimum absolute atomic E-state index is 0.149. The Morgan fingerprint density at radius 2 is 1.76 bits per heavy atom. The van der Waals surface area contributed by atoms with Gasteiger partial charge in [-0.05, 0) is 42.7 Å². The molecule has 0 atom stereocenters. The van der Waals surface area contributed by atoms with Gasteiger partial charge in [0.25, 0.3) is 0 Å². The number of benzene rings is 2. The van der Waals surface area contributed by atoms with Crippen molar-refractivity contribution < 1.29 is 17.6 Å². The molecule has 0 bridgehead atoms. The molecule has 0 fully saturated rings. The van der Waals surface area contributed by atoms with E-state index in [1.165, 1.54) is 24.3 Å². The fourth-order valence-corrected chi connectivity index (χ4v) is 3.32. The average molecular weight is 364 g/mol. The lowest BCUT2D eigenvalue weighted by molar-refractivity contribution is -0.116. The predicted molar refractivity (Wildman–Crippen MR) is 95.3 cm³/mol. The van der Waals surface area contributed by atoms with Gasteiger partial charge >= 0.3 is 0 Å². The Bertz CT molecular complexity index is 820. The Balaban J connectivity index is 1.91. The molecule has 0 aromatic heterocycles. The summed E-state index contributed by atoms with van der Waals surface area (Å²) in [6.45, 7) is 2.28. The molecule has 5 nitrogen and oxygen atoms in total. The van der Waals surface area contributed by atoms with Gasteiger partial charge in [0.15, 0.2) is 0 Å². The van der Waals surface area contributed by atoms with Crippen LogP contribution in [0.25, 0.3) is 0 Å². The lowest BCUT2D eigenvalue weighted by Gasteiger charge is -2.08. The maximum atomic E-state index is 13.5. The van der Waals surface area contributed by atoms with Crippen molar-refractivity contribution in [3.05, 3.63) is 59.9 Å². The Morgan fingerprint density at radius 3 is 2.40 bits per heavy atom. The fourth-order valence-electron chi connectivity index (χ4n) is 2.19. The van der Waals surface area contributed by atoms with Crippen molar-refractivity contribution in [2.45, 2.75) is 31.1 Å². The quantitative estimate of drug-likeness (QED) is 0.756. The van der Waals surface area contributed by atoms with E-state index in [-0.39, 0.29) is 22.9 Å². The van der Waals surface area contributed by atoms with Gasteiger partial charge in [-0.25, -0.2) is 17.5 Å². The molecule has 0 radical (unpaired) electrons. The van der Waals surface area contributed by atoms with Crippen molar-refractivity contribution in [2.24, 2.45) is 0 Å². The minimum Gasteiger partial charge on any atom is -0.324 e. The number of carbonyl (C=O) groups is 1. The van der Waals surface area contributed by atoms with Gasteiger partial charge in [-0.15, -0.1) is 0 Å². The minimum atomic E-state index is -3.49. The van der Waals surface area contributed by atoms with Gasteiger partial charge in [0.2, 0.25) is 15.9 Å². The summed E-state index contributed by atoms with van der Waals surface area (Å²) in [5, 5.41) is 2.52. The molecule has 0 heterocycles. The lowest BCUT2D eigenvalue weighted by atomic mass is 10.1. The molecule has 0 spiro atoms. The Kier molecular flexibility index (Phi) is 6.66. The molecular formula is C18H21FN2O3S. The lowest BCUT2D eigenvalue weighted by Crippen LogP contribution is -2.24. The SMILES string of the molecule is CCCNS(=O)(=O)c1ccc(CCC(=O)Nc2ccccc2F)cc1. The maximum Gasteiger partial charge on any atom is 0.240 e. The van der Waals surface area contributed by atoms with Gasteiger partial charge in [0.05, 0.1) is 10.6 Å². The number of halogens is 1. The first-order valence-electron chi connectivity index (χ1n) is 8.05. The van der Waals surface area contributed by atoms with E-state index >= 15 is 0 Å². The Hall–Kier alpha value is -2.25. The molecule has 1 amide bonds. The molecule has 2 rings (SSSR count). The third kappa shape index (κ3) is 5.65. The number of rotatable bonds is 8. The molecule has 0 aliphatic rings. The topological polar surface area (TPSA) is 75.3 Å². The Labute approximate surface area is 147 Å². The number of hydrogen-bond acceptors (Lipinski definition) is 3. The van der Waals surface area contributed by atoms with Crippen LogP contribution in [0.4, 0.5) is 10.1 Å². The first kappa shape index (κ1) is 19.1. The van der Waals surface area contributed by atoms with E-state index in [9.17, 15) is 17.6 Å². The maximum absolute atomic E-state index is 13.5. The zero-order valence-corrected chi connectivity index (χ0v) is 14.8. The van der Waals surface area contributed by atoms with Crippen molar-refractivity contribution >= 4 is 21.6 Å². The third-order valence-electron chi connectivity index (χ3n) is 3.56. The molecule has 2 aromatic rings. The third-order valence-corrected chi connectivity index (χ3v) is 5.04. The summed E-state index contributed by atoms with van der Waals surface area (Å²) in [4.78, 5) is 12.1. The van der Waals surface area contributed by atoms with E-state index in [0.717, 1.165) is 5.56 Å². The average Bonchev–Trinajstić information content (AvgIpc) is 2.60. The fraction of sp³-hybridized carbons (Fsp3) is 0.278. The highest BCUT2D eigenvalue weighted by Crippen LogP contribution is 2.14. The molecule has 0 saturated heterocycles. The Morgan fingerprint density at radius 1 is 1.08 bits per heavy atom. The van der Waals surface area contributed by atoms with Crippen LogP contribution >= 0.6 is 0 Å². The number of carbonyl (C=O) groups excluding carboxylic acids is 1. The summed E-state index contributed by atoms with van der Waals surface area (Å²) in [5.41, 5.74) is 0.981. The number of anilines is 1. The number of para-hydroxylation sites is 1. The summed E-state index contributed by atoms with van der Waals surface area (Å²) in [7, 11) is -3.49. The zero-order chi connectivity index (χ0) is 18.3. The van der Waals surface area contributed by atoms with Gasteiger partial charge < -0.3 is 5.32 Å². The summed E-state index contributed by atoms with van der Waals surface area (Å²) in [5.74, 6) is -0.781. The summed E-state index contributed by atoms with van der Waals surface area (Å²) in [6, 6.07) is 12.4. The van der Waals surface area contributed by atoms with E-state index in [4.69, 9.17) is 0 Å². The number of nitrogens with one attached hydrogen (secondary N) is 2. The van der Waals surface area contributed by atoms with Crippen molar-refractivity contribution in [3.8, 4) is 0 Å². The van der Waals surface area contributed by atoms with Crippen LogP contribution < -0.4 is 10.0 Å². The van der Waals surface area contributed by atoms with Crippen LogP contribution in [0.15, 0.2) is 53.4 Å². The highest BCUT2D eigenvalue weighted by molar-refractivity contribution is 7.89. The van der Waals surface area contributed by atoms with Crippen LogP contribution in [0.2, 0.25) is 0 Å². The van der Waals surface area contributed by atoms with E-state index in [1.54, 1.807) is 24.3 Å². The van der Waals surface area contributed by atoms with E-state index in [0.29, 0.717) is 19.4 Å². The van der Waals surface area contributed by atoms with E-state index in [2.05, 4.69) is 10.0 Å². The summed E-state index contributed by atoms with van der Waals surface area (Å²) >= 11 is 0.